The Labute approximate surface area is 139 Å². The Morgan fingerprint density at radius 1 is 1.21 bits per heavy atom. The zero-order valence-corrected chi connectivity index (χ0v) is 15.8. The Hall–Kier alpha value is 0.380. The van der Waals surface area contributed by atoms with Gasteiger partial charge in [0.05, 0.1) is 15.9 Å². The maximum absolute atomic E-state index is 4.62. The molecule has 0 aliphatic heterocycles. The molecule has 0 fully saturated rings. The lowest BCUT2D eigenvalue weighted by Gasteiger charge is -2.07. The van der Waals surface area contributed by atoms with Crippen LogP contribution in [0.1, 0.15) is 50.9 Å². The fourth-order valence-electron chi connectivity index (χ4n) is 2.09. The molecule has 0 bridgehead atoms. The van der Waals surface area contributed by atoms with Crippen LogP contribution >= 0.6 is 38.5 Å². The van der Waals surface area contributed by atoms with Crippen LogP contribution in [0.5, 0.6) is 0 Å². The zero-order valence-electron chi connectivity index (χ0n) is 12.0. The third-order valence-corrected chi connectivity index (χ3v) is 4.90. The molecule has 0 aromatic carbocycles. The topological polar surface area (TPSA) is 29.9 Å². The van der Waals surface area contributed by atoms with Crippen molar-refractivity contribution in [3.05, 3.63) is 15.9 Å². The summed E-state index contributed by atoms with van der Waals surface area (Å²) in [6.45, 7) is 7.24. The van der Waals surface area contributed by atoms with Crippen molar-refractivity contribution in [1.82, 2.24) is 15.1 Å². The normalized spacial score (nSPS) is 11.2. The lowest BCUT2D eigenvalue weighted by molar-refractivity contribution is 0.556. The molecule has 1 heterocycles. The SMILES string of the molecule is CCc1nn(CC)c(CNCCCCCCI)c1Br. The second kappa shape index (κ2) is 10.2. The van der Waals surface area contributed by atoms with Crippen molar-refractivity contribution in [1.29, 1.82) is 0 Å². The van der Waals surface area contributed by atoms with E-state index in [0.717, 1.165) is 26.1 Å². The zero-order chi connectivity index (χ0) is 14.1. The van der Waals surface area contributed by atoms with E-state index < -0.39 is 0 Å². The minimum Gasteiger partial charge on any atom is -0.311 e. The average molecular weight is 442 g/mol. The maximum atomic E-state index is 4.62. The molecule has 1 N–H and O–H groups in total. The molecule has 1 rings (SSSR count). The fraction of sp³-hybridized carbons (Fsp3) is 0.786. The van der Waals surface area contributed by atoms with E-state index in [0.29, 0.717) is 0 Å². The van der Waals surface area contributed by atoms with Crippen LogP contribution in [0.15, 0.2) is 4.47 Å². The van der Waals surface area contributed by atoms with Crippen molar-refractivity contribution in [3.63, 3.8) is 0 Å². The molecule has 110 valence electrons. The van der Waals surface area contributed by atoms with Crippen molar-refractivity contribution < 1.29 is 0 Å². The Morgan fingerprint density at radius 3 is 2.58 bits per heavy atom. The molecule has 0 saturated carbocycles. The number of hydrogen-bond acceptors (Lipinski definition) is 2. The molecular formula is C14H25BrIN3. The Bertz CT molecular complexity index is 366. The molecular weight excluding hydrogens is 417 g/mol. The fourth-order valence-corrected chi connectivity index (χ4v) is 3.33. The molecule has 1 aromatic heterocycles. The molecule has 0 amide bonds. The molecule has 0 atom stereocenters. The van der Waals surface area contributed by atoms with Crippen LogP contribution < -0.4 is 5.32 Å². The number of halogens is 2. The number of nitrogens with zero attached hydrogens (tertiary/aromatic N) is 2. The first-order valence-corrected chi connectivity index (χ1v) is 9.57. The highest BCUT2D eigenvalue weighted by Gasteiger charge is 2.12. The molecule has 0 aliphatic carbocycles. The number of nitrogens with one attached hydrogen (secondary N) is 1. The quantitative estimate of drug-likeness (QED) is 0.333. The summed E-state index contributed by atoms with van der Waals surface area (Å²) in [5.74, 6) is 0. The van der Waals surface area contributed by atoms with Gasteiger partial charge in [0.2, 0.25) is 0 Å². The summed E-state index contributed by atoms with van der Waals surface area (Å²) in [6, 6.07) is 0. The summed E-state index contributed by atoms with van der Waals surface area (Å²) < 4.78 is 4.58. The summed E-state index contributed by atoms with van der Waals surface area (Å²) in [6.07, 6.45) is 6.31. The predicted octanol–water partition coefficient (Wildman–Crippen LogP) is 4.31. The highest BCUT2D eigenvalue weighted by Crippen LogP contribution is 2.22. The predicted molar refractivity (Wildman–Crippen MR) is 94.0 cm³/mol. The number of hydrogen-bond donors (Lipinski definition) is 1. The summed E-state index contributed by atoms with van der Waals surface area (Å²) in [5.41, 5.74) is 2.45. The van der Waals surface area contributed by atoms with Gasteiger partial charge in [-0.3, -0.25) is 4.68 Å². The first-order chi connectivity index (χ1) is 9.24. The first kappa shape index (κ1) is 17.4. The summed E-state index contributed by atoms with van der Waals surface area (Å²) >= 11 is 6.13. The van der Waals surface area contributed by atoms with E-state index in [1.165, 1.54) is 46.0 Å². The second-order valence-corrected chi connectivity index (χ2v) is 6.53. The Balaban J connectivity index is 2.34. The van der Waals surface area contributed by atoms with Crippen LogP contribution in [0.25, 0.3) is 0 Å². The van der Waals surface area contributed by atoms with Gasteiger partial charge >= 0.3 is 0 Å². The van der Waals surface area contributed by atoms with E-state index in [1.807, 2.05) is 0 Å². The lowest BCUT2D eigenvalue weighted by atomic mass is 10.2. The second-order valence-electron chi connectivity index (χ2n) is 4.66. The Morgan fingerprint density at radius 2 is 1.95 bits per heavy atom. The molecule has 0 spiro atoms. The number of unbranched alkanes of at least 4 members (excludes halogenated alkanes) is 3. The lowest BCUT2D eigenvalue weighted by Crippen LogP contribution is -2.18. The molecule has 5 heteroatoms. The van der Waals surface area contributed by atoms with Gasteiger partial charge in [-0.25, -0.2) is 0 Å². The van der Waals surface area contributed by atoms with Crippen molar-refractivity contribution in [3.8, 4) is 0 Å². The molecule has 1 aromatic rings. The number of rotatable bonds is 10. The van der Waals surface area contributed by atoms with Crippen molar-refractivity contribution in [2.24, 2.45) is 0 Å². The van der Waals surface area contributed by atoms with Gasteiger partial charge in [0.1, 0.15) is 0 Å². The van der Waals surface area contributed by atoms with Crippen LogP contribution in [0.4, 0.5) is 0 Å². The van der Waals surface area contributed by atoms with Crippen molar-refractivity contribution >= 4 is 38.5 Å². The third-order valence-electron chi connectivity index (χ3n) is 3.22. The number of aryl methyl sites for hydroxylation is 2. The number of aromatic nitrogens is 2. The maximum Gasteiger partial charge on any atom is 0.0767 e. The van der Waals surface area contributed by atoms with Crippen LogP contribution in [0, 0.1) is 0 Å². The van der Waals surface area contributed by atoms with E-state index >= 15 is 0 Å². The monoisotopic (exact) mass is 441 g/mol. The molecule has 0 unspecified atom stereocenters. The van der Waals surface area contributed by atoms with Gasteiger partial charge in [0.15, 0.2) is 0 Å². The summed E-state index contributed by atoms with van der Waals surface area (Å²) in [7, 11) is 0. The van der Waals surface area contributed by atoms with E-state index in [1.54, 1.807) is 0 Å². The summed E-state index contributed by atoms with van der Waals surface area (Å²) in [5, 5.41) is 8.15. The third kappa shape index (κ3) is 5.71. The number of alkyl halides is 1. The average Bonchev–Trinajstić information content (AvgIpc) is 2.74. The molecule has 0 saturated heterocycles. The van der Waals surface area contributed by atoms with Crippen molar-refractivity contribution in [2.45, 2.75) is 59.0 Å². The van der Waals surface area contributed by atoms with Gasteiger partial charge in [-0.05, 0) is 53.1 Å². The van der Waals surface area contributed by atoms with Gasteiger partial charge in [-0.2, -0.15) is 5.10 Å². The van der Waals surface area contributed by atoms with Gasteiger partial charge in [-0.1, -0.05) is 42.4 Å². The van der Waals surface area contributed by atoms with E-state index in [9.17, 15) is 0 Å². The van der Waals surface area contributed by atoms with Crippen LogP contribution in [-0.4, -0.2) is 20.8 Å². The minimum absolute atomic E-state index is 0.910. The largest absolute Gasteiger partial charge is 0.311 e. The van der Waals surface area contributed by atoms with Crippen molar-refractivity contribution in [2.75, 3.05) is 11.0 Å². The Kier molecular flexibility index (Phi) is 9.32. The summed E-state index contributed by atoms with van der Waals surface area (Å²) in [4.78, 5) is 0. The van der Waals surface area contributed by atoms with E-state index in [2.05, 4.69) is 67.5 Å². The van der Waals surface area contributed by atoms with Crippen LogP contribution in [-0.2, 0) is 19.5 Å². The van der Waals surface area contributed by atoms with Crippen LogP contribution in [0.2, 0.25) is 0 Å². The first-order valence-electron chi connectivity index (χ1n) is 7.25. The van der Waals surface area contributed by atoms with Gasteiger partial charge in [0.25, 0.3) is 0 Å². The molecule has 0 radical (unpaired) electrons. The molecule has 3 nitrogen and oxygen atoms in total. The van der Waals surface area contributed by atoms with Gasteiger partial charge < -0.3 is 5.32 Å². The van der Waals surface area contributed by atoms with Crippen LogP contribution in [0.3, 0.4) is 0 Å². The minimum atomic E-state index is 0.910. The van der Waals surface area contributed by atoms with E-state index in [-0.39, 0.29) is 0 Å². The molecule has 19 heavy (non-hydrogen) atoms. The highest BCUT2D eigenvalue weighted by atomic mass is 127. The molecule has 0 aliphatic rings. The smallest absolute Gasteiger partial charge is 0.0767 e. The van der Waals surface area contributed by atoms with Gasteiger partial charge in [-0.15, -0.1) is 0 Å². The van der Waals surface area contributed by atoms with E-state index in [4.69, 9.17) is 0 Å². The van der Waals surface area contributed by atoms with Gasteiger partial charge in [0, 0.05) is 13.1 Å². The highest BCUT2D eigenvalue weighted by molar-refractivity contribution is 14.1. The standard InChI is InChI=1S/C14H25BrIN3/c1-3-12-14(15)13(19(4-2)18-12)11-17-10-8-6-5-7-9-16/h17H,3-11H2,1-2H3.